The van der Waals surface area contributed by atoms with E-state index in [-0.39, 0.29) is 20.7 Å². The van der Waals surface area contributed by atoms with Gasteiger partial charge in [0.2, 0.25) is 5.89 Å². The number of halogens is 4. The molecule has 6 nitrogen and oxygen atoms in total. The van der Waals surface area contributed by atoms with Gasteiger partial charge in [-0.1, -0.05) is 39.1 Å². The molecule has 0 spiro atoms. The lowest BCUT2D eigenvalue weighted by atomic mass is 10.2. The van der Waals surface area contributed by atoms with Gasteiger partial charge in [0.1, 0.15) is 17.0 Å². The van der Waals surface area contributed by atoms with Crippen LogP contribution in [0.1, 0.15) is 5.89 Å². The van der Waals surface area contributed by atoms with Crippen molar-refractivity contribution in [3.8, 4) is 0 Å². The molecule has 132 valence electrons. The number of allylic oxidation sites excluding steroid dienone is 1. The molecule has 0 saturated carbocycles. The maximum Gasteiger partial charge on any atom is 0.347 e. The lowest BCUT2D eigenvalue weighted by Gasteiger charge is -2.10. The van der Waals surface area contributed by atoms with Crippen molar-refractivity contribution in [2.75, 3.05) is 5.32 Å². The summed E-state index contributed by atoms with van der Waals surface area (Å²) in [7, 11) is 0. The molecule has 3 rings (SSSR count). The molecular weight excluding hydrogens is 558 g/mol. The van der Waals surface area contributed by atoms with E-state index in [9.17, 15) is 4.79 Å². The molecule has 10 heteroatoms. The third-order valence-electron chi connectivity index (χ3n) is 3.16. The van der Waals surface area contributed by atoms with Crippen LogP contribution in [-0.2, 0) is 0 Å². The Balaban J connectivity index is 2.18. The summed E-state index contributed by atoms with van der Waals surface area (Å²) in [5, 5.41) is 11.6. The number of nitrogens with one attached hydrogen (secondary N) is 2. The average molecular weight is 566 g/mol. The van der Waals surface area contributed by atoms with Crippen LogP contribution in [0.2, 0.25) is 10.0 Å². The van der Waals surface area contributed by atoms with Gasteiger partial charge in [-0.15, -0.1) is 0 Å². The first-order chi connectivity index (χ1) is 12.3. The highest BCUT2D eigenvalue weighted by Gasteiger charge is 2.16. The van der Waals surface area contributed by atoms with Crippen LogP contribution in [0.15, 0.2) is 50.2 Å². The number of rotatable bonds is 4. The predicted octanol–water partition coefficient (Wildman–Crippen LogP) is 5.52. The number of aromatic nitrogens is 2. The summed E-state index contributed by atoms with van der Waals surface area (Å²) in [6.45, 7) is 0. The van der Waals surface area contributed by atoms with Crippen molar-refractivity contribution in [2.24, 2.45) is 0 Å². The van der Waals surface area contributed by atoms with Crippen molar-refractivity contribution in [1.82, 2.24) is 9.97 Å². The first kappa shape index (κ1) is 19.3. The van der Waals surface area contributed by atoms with Crippen LogP contribution in [0.25, 0.3) is 16.6 Å². The zero-order valence-corrected chi connectivity index (χ0v) is 17.9. The molecule has 0 bridgehead atoms. The normalized spacial score (nSPS) is 11.6. The van der Waals surface area contributed by atoms with E-state index < -0.39 is 5.63 Å². The molecule has 2 aromatic heterocycles. The molecule has 0 saturated heterocycles. The van der Waals surface area contributed by atoms with E-state index in [1.54, 1.807) is 30.5 Å². The molecule has 0 fully saturated rings. The fraction of sp³-hybridized carbons (Fsp3) is 0. The second-order valence-electron chi connectivity index (χ2n) is 4.96. The topological polar surface area (TPSA) is 91.9 Å². The minimum absolute atomic E-state index is 0.0325. The van der Waals surface area contributed by atoms with E-state index in [2.05, 4.69) is 31.2 Å². The summed E-state index contributed by atoms with van der Waals surface area (Å²) in [6.07, 6.45) is 3.00. The van der Waals surface area contributed by atoms with Crippen LogP contribution >= 0.6 is 61.7 Å². The van der Waals surface area contributed by atoms with Crippen molar-refractivity contribution in [2.45, 2.75) is 0 Å². The molecule has 2 heterocycles. The second-order valence-corrected chi connectivity index (χ2v) is 7.85. The lowest BCUT2D eigenvalue weighted by molar-refractivity contribution is 0.486. The average Bonchev–Trinajstić information content (AvgIpc) is 2.56. The van der Waals surface area contributed by atoms with Gasteiger partial charge in [0, 0.05) is 10.7 Å². The number of benzene rings is 1. The van der Waals surface area contributed by atoms with Gasteiger partial charge in [-0.3, -0.25) is 5.41 Å². The second kappa shape index (κ2) is 8.03. The number of nitrogens with zero attached hydrogens (tertiary/aromatic N) is 2. The van der Waals surface area contributed by atoms with Crippen molar-refractivity contribution in [3.05, 3.63) is 67.4 Å². The van der Waals surface area contributed by atoms with Crippen molar-refractivity contribution in [1.29, 1.82) is 5.41 Å². The maximum atomic E-state index is 12.4. The van der Waals surface area contributed by atoms with Crippen molar-refractivity contribution in [3.63, 3.8) is 0 Å². The molecule has 1 aromatic carbocycles. The van der Waals surface area contributed by atoms with Crippen LogP contribution in [0, 0.1) is 5.41 Å². The molecule has 0 atom stereocenters. The molecule has 0 unspecified atom stereocenters. The molecule has 0 aliphatic carbocycles. The van der Waals surface area contributed by atoms with Gasteiger partial charge in [0.25, 0.3) is 0 Å². The fourth-order valence-electron chi connectivity index (χ4n) is 2.10. The highest BCUT2D eigenvalue weighted by molar-refractivity contribution is 14.1. The van der Waals surface area contributed by atoms with Gasteiger partial charge in [0.05, 0.1) is 19.1 Å². The molecule has 0 radical (unpaired) electrons. The molecule has 0 aliphatic rings. The van der Waals surface area contributed by atoms with Crippen molar-refractivity contribution >= 4 is 87.9 Å². The number of hydrogen-bond acceptors (Lipinski definition) is 6. The summed E-state index contributed by atoms with van der Waals surface area (Å²) >= 11 is 17.4. The Morgan fingerprint density at radius 1 is 1.35 bits per heavy atom. The van der Waals surface area contributed by atoms with Gasteiger partial charge in [-0.25, -0.2) is 14.8 Å². The monoisotopic (exact) mass is 564 g/mol. The minimum Gasteiger partial charge on any atom is -0.401 e. The van der Waals surface area contributed by atoms with Gasteiger partial charge in [-0.2, -0.15) is 0 Å². The summed E-state index contributed by atoms with van der Waals surface area (Å²) in [6, 6.07) is 6.55. The van der Waals surface area contributed by atoms with Gasteiger partial charge in [0.15, 0.2) is 0 Å². The smallest absolute Gasteiger partial charge is 0.347 e. The Morgan fingerprint density at radius 2 is 2.12 bits per heavy atom. The Morgan fingerprint density at radius 3 is 2.81 bits per heavy atom. The minimum atomic E-state index is -0.604. The van der Waals surface area contributed by atoms with Crippen molar-refractivity contribution < 1.29 is 4.42 Å². The first-order valence-corrected chi connectivity index (χ1v) is 9.61. The Bertz CT molecular complexity index is 1120. The van der Waals surface area contributed by atoms with E-state index in [4.69, 9.17) is 33.0 Å². The number of anilines is 1. The first-order valence-electron chi connectivity index (χ1n) is 6.98. The molecule has 2 N–H and O–H groups in total. The summed E-state index contributed by atoms with van der Waals surface area (Å²) in [4.78, 5) is 20.8. The number of pyridine rings is 1. The zero-order chi connectivity index (χ0) is 18.8. The molecular formula is C16H8BrCl2IN4O2. The Kier molecular flexibility index (Phi) is 5.96. The predicted molar refractivity (Wildman–Crippen MR) is 116 cm³/mol. The summed E-state index contributed by atoms with van der Waals surface area (Å²) in [5.74, 6) is 0.305. The van der Waals surface area contributed by atoms with Gasteiger partial charge < -0.3 is 9.73 Å². The van der Waals surface area contributed by atoms with Crippen LogP contribution in [-0.4, -0.2) is 13.7 Å². The lowest BCUT2D eigenvalue weighted by Crippen LogP contribution is -2.10. The summed E-state index contributed by atoms with van der Waals surface area (Å²) in [5.41, 5.74) is -0.0584. The maximum absolute atomic E-state index is 12.4. The van der Waals surface area contributed by atoms with E-state index in [0.29, 0.717) is 25.9 Å². The van der Waals surface area contributed by atoms with E-state index in [1.165, 1.54) is 6.08 Å². The van der Waals surface area contributed by atoms with E-state index >= 15 is 0 Å². The Labute approximate surface area is 179 Å². The standard InChI is InChI=1S/C16H8BrCl2IN4O2/c17-7-4-8-13(10(19)5-7)24-15(26-16(8)25)11(6-12(20)21)23-14-9(18)2-1-3-22-14/h1-6,21H,(H,22,23)/b11-6-,21-12?. The highest BCUT2D eigenvalue weighted by atomic mass is 127. The highest BCUT2D eigenvalue weighted by Crippen LogP contribution is 2.27. The van der Waals surface area contributed by atoms with Crippen LogP contribution < -0.4 is 10.9 Å². The quantitative estimate of drug-likeness (QED) is 0.321. The van der Waals surface area contributed by atoms with Gasteiger partial charge >= 0.3 is 5.63 Å². The third kappa shape index (κ3) is 4.25. The molecule has 26 heavy (non-hydrogen) atoms. The van der Waals surface area contributed by atoms with Gasteiger partial charge in [-0.05, 0) is 52.9 Å². The van der Waals surface area contributed by atoms with Crippen LogP contribution in [0.3, 0.4) is 0 Å². The number of hydrogen-bond donors (Lipinski definition) is 2. The van der Waals surface area contributed by atoms with Crippen LogP contribution in [0.5, 0.6) is 0 Å². The van der Waals surface area contributed by atoms with E-state index in [0.717, 1.165) is 0 Å². The Hall–Kier alpha value is -1.49. The molecule has 3 aromatic rings. The zero-order valence-electron chi connectivity index (χ0n) is 12.7. The summed E-state index contributed by atoms with van der Waals surface area (Å²) < 4.78 is 6.15. The SMILES string of the molecule is N=C(I)/C=C(\Nc1ncccc1Cl)c1nc2c(Cl)cc(Br)cc2c(=O)o1. The molecule has 0 aliphatic heterocycles. The number of fused-ring (bicyclic) bond motifs is 1. The van der Waals surface area contributed by atoms with Crippen LogP contribution in [0.4, 0.5) is 5.82 Å². The van der Waals surface area contributed by atoms with E-state index in [1.807, 2.05) is 22.6 Å². The largest absolute Gasteiger partial charge is 0.401 e. The fourth-order valence-corrected chi connectivity index (χ4v) is 3.43. The third-order valence-corrected chi connectivity index (χ3v) is 4.53. The molecule has 0 amide bonds.